The standard InChI is InChI=1S/C11H14N2O4S/c1-7(6-18(2)17)13-10(14)8-3-4-12-9(5-8)11(15)16/h3-5,7H,6H2,1-2H3,(H,13,14)(H,15,16). The molecule has 2 N–H and O–H groups in total. The van der Waals surface area contributed by atoms with Gasteiger partial charge in [-0.1, -0.05) is 0 Å². The van der Waals surface area contributed by atoms with Gasteiger partial charge in [0.05, 0.1) is 0 Å². The van der Waals surface area contributed by atoms with Crippen molar-refractivity contribution in [2.75, 3.05) is 12.0 Å². The molecule has 0 bridgehead atoms. The maximum Gasteiger partial charge on any atom is 0.354 e. The number of nitrogens with zero attached hydrogens (tertiary/aromatic N) is 1. The van der Waals surface area contributed by atoms with Crippen LogP contribution in [0, 0.1) is 0 Å². The summed E-state index contributed by atoms with van der Waals surface area (Å²) in [5.41, 5.74) is 0.0329. The van der Waals surface area contributed by atoms with Crippen LogP contribution in [-0.2, 0) is 10.8 Å². The quantitative estimate of drug-likeness (QED) is 0.801. The van der Waals surface area contributed by atoms with Crippen LogP contribution >= 0.6 is 0 Å². The largest absolute Gasteiger partial charge is 0.477 e. The Kier molecular flexibility index (Phi) is 4.96. The van der Waals surface area contributed by atoms with Gasteiger partial charge in [-0.15, -0.1) is 0 Å². The Balaban J connectivity index is 2.75. The van der Waals surface area contributed by atoms with Crippen molar-refractivity contribution in [3.8, 4) is 0 Å². The molecule has 6 nitrogen and oxygen atoms in total. The van der Waals surface area contributed by atoms with Gasteiger partial charge >= 0.3 is 5.97 Å². The van der Waals surface area contributed by atoms with Crippen LogP contribution < -0.4 is 5.32 Å². The molecule has 1 aromatic rings. The molecule has 2 atom stereocenters. The van der Waals surface area contributed by atoms with Crippen molar-refractivity contribution in [3.05, 3.63) is 29.6 Å². The van der Waals surface area contributed by atoms with E-state index in [1.165, 1.54) is 18.3 Å². The zero-order valence-electron chi connectivity index (χ0n) is 10.0. The van der Waals surface area contributed by atoms with Crippen LogP contribution in [0.2, 0.25) is 0 Å². The van der Waals surface area contributed by atoms with E-state index >= 15 is 0 Å². The van der Waals surface area contributed by atoms with Gasteiger partial charge in [-0.3, -0.25) is 9.00 Å². The third kappa shape index (κ3) is 4.25. The Hall–Kier alpha value is -1.76. The van der Waals surface area contributed by atoms with Gasteiger partial charge in [0.1, 0.15) is 5.69 Å². The van der Waals surface area contributed by atoms with E-state index < -0.39 is 22.7 Å². The molecule has 0 aliphatic heterocycles. The normalized spacial score (nSPS) is 13.7. The van der Waals surface area contributed by atoms with Crippen molar-refractivity contribution in [1.29, 1.82) is 0 Å². The molecule has 0 aromatic carbocycles. The first-order valence-electron chi connectivity index (χ1n) is 5.20. The van der Waals surface area contributed by atoms with Crippen molar-refractivity contribution in [2.24, 2.45) is 0 Å². The summed E-state index contributed by atoms with van der Waals surface area (Å²) in [4.78, 5) is 26.1. The lowest BCUT2D eigenvalue weighted by Gasteiger charge is -2.12. The number of hydrogen-bond donors (Lipinski definition) is 2. The molecule has 2 unspecified atom stereocenters. The van der Waals surface area contributed by atoms with E-state index in [1.807, 2.05) is 0 Å². The monoisotopic (exact) mass is 270 g/mol. The highest BCUT2D eigenvalue weighted by Crippen LogP contribution is 2.02. The SMILES string of the molecule is CC(CS(C)=O)NC(=O)c1ccnc(C(=O)O)c1. The maximum absolute atomic E-state index is 11.8. The molecule has 7 heteroatoms. The first-order valence-corrected chi connectivity index (χ1v) is 6.93. The van der Waals surface area contributed by atoms with E-state index in [1.54, 1.807) is 13.2 Å². The number of hydrogen-bond acceptors (Lipinski definition) is 4. The van der Waals surface area contributed by atoms with Gasteiger partial charge in [0.2, 0.25) is 0 Å². The highest BCUT2D eigenvalue weighted by molar-refractivity contribution is 7.84. The van der Waals surface area contributed by atoms with Crippen LogP contribution in [0.3, 0.4) is 0 Å². The van der Waals surface area contributed by atoms with E-state index in [-0.39, 0.29) is 17.3 Å². The molecule has 98 valence electrons. The number of carboxylic acid groups (broad SMARTS) is 1. The minimum absolute atomic E-state index is 0.186. The highest BCUT2D eigenvalue weighted by Gasteiger charge is 2.13. The number of aromatic carboxylic acids is 1. The van der Waals surface area contributed by atoms with E-state index in [4.69, 9.17) is 5.11 Å². The summed E-state index contributed by atoms with van der Waals surface area (Å²) in [7, 11) is -1.00. The Morgan fingerprint density at radius 3 is 2.78 bits per heavy atom. The number of amides is 1. The van der Waals surface area contributed by atoms with Crippen molar-refractivity contribution in [1.82, 2.24) is 10.3 Å². The molecule has 18 heavy (non-hydrogen) atoms. The molecular weight excluding hydrogens is 256 g/mol. The number of carboxylic acids is 1. The Morgan fingerprint density at radius 2 is 2.22 bits per heavy atom. The summed E-state index contributed by atoms with van der Waals surface area (Å²) in [6.07, 6.45) is 2.82. The maximum atomic E-state index is 11.8. The summed E-state index contributed by atoms with van der Waals surface area (Å²) in [6.45, 7) is 1.73. The summed E-state index contributed by atoms with van der Waals surface area (Å²) in [6, 6.07) is 2.38. The van der Waals surface area contributed by atoms with Gasteiger partial charge in [-0.25, -0.2) is 9.78 Å². The summed E-state index contributed by atoms with van der Waals surface area (Å²) < 4.78 is 11.0. The molecule has 0 aliphatic rings. The topological polar surface area (TPSA) is 96.4 Å². The van der Waals surface area contributed by atoms with Crippen LogP contribution in [0.4, 0.5) is 0 Å². The number of carbonyl (C=O) groups excluding carboxylic acids is 1. The molecule has 1 heterocycles. The summed E-state index contributed by atoms with van der Waals surface area (Å²) in [5.74, 6) is -1.24. The Morgan fingerprint density at radius 1 is 1.56 bits per heavy atom. The van der Waals surface area contributed by atoms with Crippen molar-refractivity contribution in [2.45, 2.75) is 13.0 Å². The van der Waals surface area contributed by atoms with Crippen molar-refractivity contribution >= 4 is 22.7 Å². The van der Waals surface area contributed by atoms with E-state index in [9.17, 15) is 13.8 Å². The zero-order chi connectivity index (χ0) is 13.7. The Labute approximate surface area is 107 Å². The average molecular weight is 270 g/mol. The predicted molar refractivity (Wildman–Crippen MR) is 67.1 cm³/mol. The molecule has 0 aliphatic carbocycles. The number of pyridine rings is 1. The molecule has 1 aromatic heterocycles. The second-order valence-electron chi connectivity index (χ2n) is 3.85. The van der Waals surface area contributed by atoms with Crippen LogP contribution in [-0.4, -0.2) is 44.2 Å². The lowest BCUT2D eigenvalue weighted by molar-refractivity contribution is 0.0690. The number of aromatic nitrogens is 1. The Bertz CT molecular complexity index is 490. The summed E-state index contributed by atoms with van der Waals surface area (Å²) >= 11 is 0. The second-order valence-corrected chi connectivity index (χ2v) is 5.33. The first kappa shape index (κ1) is 14.3. The number of carbonyl (C=O) groups is 2. The van der Waals surface area contributed by atoms with Crippen LogP contribution in [0.1, 0.15) is 27.8 Å². The molecule has 0 spiro atoms. The second kappa shape index (κ2) is 6.25. The van der Waals surface area contributed by atoms with Crippen LogP contribution in [0.5, 0.6) is 0 Å². The fraction of sp³-hybridized carbons (Fsp3) is 0.364. The smallest absolute Gasteiger partial charge is 0.354 e. The van der Waals surface area contributed by atoms with Crippen molar-refractivity contribution < 1.29 is 18.9 Å². The van der Waals surface area contributed by atoms with Gasteiger partial charge in [0.25, 0.3) is 5.91 Å². The molecule has 0 radical (unpaired) electrons. The third-order valence-electron chi connectivity index (χ3n) is 2.10. The molecule has 0 saturated heterocycles. The lowest BCUT2D eigenvalue weighted by Crippen LogP contribution is -2.36. The highest BCUT2D eigenvalue weighted by atomic mass is 32.2. The van der Waals surface area contributed by atoms with Gasteiger partial charge in [-0.05, 0) is 19.1 Å². The van der Waals surface area contributed by atoms with Crippen molar-refractivity contribution in [3.63, 3.8) is 0 Å². The van der Waals surface area contributed by atoms with Crippen LogP contribution in [0.25, 0.3) is 0 Å². The molecular formula is C11H14N2O4S. The fourth-order valence-electron chi connectivity index (χ4n) is 1.39. The summed E-state index contributed by atoms with van der Waals surface area (Å²) in [5, 5.41) is 11.4. The average Bonchev–Trinajstić information content (AvgIpc) is 2.27. The number of nitrogens with one attached hydrogen (secondary N) is 1. The first-order chi connectivity index (χ1) is 8.40. The molecule has 1 rings (SSSR count). The minimum Gasteiger partial charge on any atom is -0.477 e. The van der Waals surface area contributed by atoms with E-state index in [0.717, 1.165) is 0 Å². The third-order valence-corrected chi connectivity index (χ3v) is 3.07. The molecule has 0 fully saturated rings. The molecule has 0 saturated carbocycles. The van der Waals surface area contributed by atoms with E-state index in [0.29, 0.717) is 5.75 Å². The van der Waals surface area contributed by atoms with E-state index in [2.05, 4.69) is 10.3 Å². The van der Waals surface area contributed by atoms with Gasteiger partial charge in [0, 0.05) is 40.6 Å². The zero-order valence-corrected chi connectivity index (χ0v) is 10.9. The predicted octanol–water partition coefficient (Wildman–Crippen LogP) is 0.277. The fourth-order valence-corrected chi connectivity index (χ4v) is 2.18. The van der Waals surface area contributed by atoms with Gasteiger partial charge in [-0.2, -0.15) is 0 Å². The minimum atomic E-state index is -1.19. The van der Waals surface area contributed by atoms with Crippen LogP contribution in [0.15, 0.2) is 18.3 Å². The molecule has 1 amide bonds. The lowest BCUT2D eigenvalue weighted by atomic mass is 10.2. The van der Waals surface area contributed by atoms with Gasteiger partial charge < -0.3 is 10.4 Å². The van der Waals surface area contributed by atoms with Gasteiger partial charge in [0.15, 0.2) is 0 Å². The number of rotatable bonds is 5.